The number of carbonyl (C=O) groups is 1. The Balaban J connectivity index is 0.00000162. The van der Waals surface area contributed by atoms with Crippen LogP contribution < -0.4 is 10.6 Å². The zero-order valence-corrected chi connectivity index (χ0v) is 11.8. The van der Waals surface area contributed by atoms with E-state index in [9.17, 15) is 4.79 Å². The van der Waals surface area contributed by atoms with Gasteiger partial charge >= 0.3 is 0 Å². The molecule has 0 aromatic rings. The predicted molar refractivity (Wildman–Crippen MR) is 74.1 cm³/mol. The zero-order valence-electron chi connectivity index (χ0n) is 11.0. The molecule has 2 unspecified atom stereocenters. The minimum absolute atomic E-state index is 0. The van der Waals surface area contributed by atoms with E-state index in [1.54, 1.807) is 0 Å². The van der Waals surface area contributed by atoms with Gasteiger partial charge in [0.1, 0.15) is 0 Å². The second kappa shape index (κ2) is 8.73. The lowest BCUT2D eigenvalue weighted by Crippen LogP contribution is -2.34. The molecule has 2 N–H and O–H groups in total. The second-order valence-corrected chi connectivity index (χ2v) is 5.12. The summed E-state index contributed by atoms with van der Waals surface area (Å²) < 4.78 is 5.63. The van der Waals surface area contributed by atoms with Gasteiger partial charge in [-0.15, -0.1) is 12.4 Å². The van der Waals surface area contributed by atoms with E-state index in [0.29, 0.717) is 18.6 Å². The molecule has 0 aliphatic carbocycles. The van der Waals surface area contributed by atoms with E-state index in [1.807, 2.05) is 0 Å². The van der Waals surface area contributed by atoms with E-state index < -0.39 is 0 Å². The Hall–Kier alpha value is -0.320. The van der Waals surface area contributed by atoms with Crippen LogP contribution in [-0.2, 0) is 9.53 Å². The summed E-state index contributed by atoms with van der Waals surface area (Å²) in [6.07, 6.45) is 7.91. The first-order valence-electron chi connectivity index (χ1n) is 6.96. The van der Waals surface area contributed by atoms with Crippen molar-refractivity contribution < 1.29 is 9.53 Å². The summed E-state index contributed by atoms with van der Waals surface area (Å²) >= 11 is 0. The third-order valence-electron chi connectivity index (χ3n) is 3.66. The summed E-state index contributed by atoms with van der Waals surface area (Å²) in [5, 5.41) is 6.34. The lowest BCUT2D eigenvalue weighted by Gasteiger charge is -2.22. The number of rotatable bonds is 5. The molecule has 2 rings (SSSR count). The molecule has 2 aliphatic rings. The molecule has 1 amide bonds. The number of hydrogen-bond donors (Lipinski definition) is 2. The first-order valence-corrected chi connectivity index (χ1v) is 6.96. The van der Waals surface area contributed by atoms with Crippen molar-refractivity contribution >= 4 is 18.3 Å². The molecule has 2 heterocycles. The van der Waals surface area contributed by atoms with E-state index in [1.165, 1.54) is 19.3 Å². The maximum Gasteiger partial charge on any atom is 0.221 e. The van der Waals surface area contributed by atoms with E-state index in [0.717, 1.165) is 39.0 Å². The number of hydrogen-bond acceptors (Lipinski definition) is 3. The summed E-state index contributed by atoms with van der Waals surface area (Å²) in [5.41, 5.74) is 0. The topological polar surface area (TPSA) is 50.4 Å². The Morgan fingerprint density at radius 2 is 2.17 bits per heavy atom. The molecule has 0 aromatic carbocycles. The van der Waals surface area contributed by atoms with Crippen LogP contribution in [0.1, 0.15) is 44.9 Å². The molecule has 0 bridgehead atoms. The minimum Gasteiger partial charge on any atom is -0.378 e. The lowest BCUT2D eigenvalue weighted by atomic mass is 10.1. The van der Waals surface area contributed by atoms with Crippen LogP contribution in [0.25, 0.3) is 0 Å². The summed E-state index contributed by atoms with van der Waals surface area (Å²) in [4.78, 5) is 11.6. The number of ether oxygens (including phenoxy) is 1. The van der Waals surface area contributed by atoms with Crippen molar-refractivity contribution in [1.29, 1.82) is 0 Å². The maximum atomic E-state index is 11.6. The zero-order chi connectivity index (χ0) is 11.9. The van der Waals surface area contributed by atoms with Crippen molar-refractivity contribution in [3.05, 3.63) is 0 Å². The van der Waals surface area contributed by atoms with Gasteiger partial charge in [-0.05, 0) is 45.1 Å². The fraction of sp³-hybridized carbons (Fsp3) is 0.923. The highest BCUT2D eigenvalue weighted by molar-refractivity contribution is 5.85. The van der Waals surface area contributed by atoms with Gasteiger partial charge in [0, 0.05) is 25.6 Å². The minimum atomic E-state index is 0. The van der Waals surface area contributed by atoms with Gasteiger partial charge in [0.15, 0.2) is 0 Å². The van der Waals surface area contributed by atoms with Gasteiger partial charge in [0.2, 0.25) is 5.91 Å². The van der Waals surface area contributed by atoms with Crippen LogP contribution in [0, 0.1) is 0 Å². The molecule has 18 heavy (non-hydrogen) atoms. The van der Waals surface area contributed by atoms with Crippen LogP contribution in [0.3, 0.4) is 0 Å². The Kier molecular flexibility index (Phi) is 7.63. The van der Waals surface area contributed by atoms with Crippen molar-refractivity contribution in [2.75, 3.05) is 19.7 Å². The van der Waals surface area contributed by atoms with Crippen molar-refractivity contribution in [3.63, 3.8) is 0 Å². The molecule has 2 atom stereocenters. The number of nitrogens with one attached hydrogen (secondary N) is 2. The van der Waals surface area contributed by atoms with Gasteiger partial charge in [-0.3, -0.25) is 4.79 Å². The molecule has 2 aliphatic heterocycles. The third-order valence-corrected chi connectivity index (χ3v) is 3.66. The molecule has 106 valence electrons. The molecule has 2 fully saturated rings. The summed E-state index contributed by atoms with van der Waals surface area (Å²) in [6, 6.07) is 0.404. The van der Waals surface area contributed by atoms with E-state index >= 15 is 0 Å². The van der Waals surface area contributed by atoms with Gasteiger partial charge in [-0.2, -0.15) is 0 Å². The highest BCUT2D eigenvalue weighted by Gasteiger charge is 2.18. The fourth-order valence-electron chi connectivity index (χ4n) is 2.63. The van der Waals surface area contributed by atoms with E-state index in [2.05, 4.69) is 10.6 Å². The average Bonchev–Trinajstić information content (AvgIpc) is 2.83. The standard InChI is InChI=1S/C13H24N2O2.ClH/c16-13(10-11-4-3-7-14-11)15-8-6-12-5-1-2-9-17-12;/h11-12,14H,1-10H2,(H,15,16);1H. The molecule has 4 nitrogen and oxygen atoms in total. The van der Waals surface area contributed by atoms with Gasteiger partial charge < -0.3 is 15.4 Å². The Bertz CT molecular complexity index is 239. The van der Waals surface area contributed by atoms with Gasteiger partial charge in [0.25, 0.3) is 0 Å². The average molecular weight is 277 g/mol. The Labute approximate surface area is 116 Å². The SMILES string of the molecule is Cl.O=C(CC1CCCN1)NCCC1CCCCO1. The van der Waals surface area contributed by atoms with Gasteiger partial charge in [-0.1, -0.05) is 0 Å². The number of halogens is 1. The molecule has 5 heteroatoms. The van der Waals surface area contributed by atoms with Crippen molar-refractivity contribution in [2.45, 2.75) is 57.1 Å². The summed E-state index contributed by atoms with van der Waals surface area (Å²) in [5.74, 6) is 0.181. The normalized spacial score (nSPS) is 27.6. The molecule has 2 saturated heterocycles. The summed E-state index contributed by atoms with van der Waals surface area (Å²) in [7, 11) is 0. The van der Waals surface area contributed by atoms with Crippen LogP contribution >= 0.6 is 12.4 Å². The highest BCUT2D eigenvalue weighted by Crippen LogP contribution is 2.15. The van der Waals surface area contributed by atoms with Gasteiger partial charge in [-0.25, -0.2) is 0 Å². The third kappa shape index (κ3) is 5.55. The van der Waals surface area contributed by atoms with E-state index in [4.69, 9.17) is 4.74 Å². The molecule has 0 saturated carbocycles. The van der Waals surface area contributed by atoms with Crippen LogP contribution in [0.15, 0.2) is 0 Å². The largest absolute Gasteiger partial charge is 0.378 e. The Morgan fingerprint density at radius 1 is 1.28 bits per heavy atom. The monoisotopic (exact) mass is 276 g/mol. The van der Waals surface area contributed by atoms with Crippen molar-refractivity contribution in [1.82, 2.24) is 10.6 Å². The number of amides is 1. The smallest absolute Gasteiger partial charge is 0.221 e. The lowest BCUT2D eigenvalue weighted by molar-refractivity contribution is -0.121. The quantitative estimate of drug-likeness (QED) is 0.802. The second-order valence-electron chi connectivity index (χ2n) is 5.12. The van der Waals surface area contributed by atoms with Crippen molar-refractivity contribution in [3.8, 4) is 0 Å². The fourth-order valence-corrected chi connectivity index (χ4v) is 2.63. The van der Waals surface area contributed by atoms with Gasteiger partial charge in [0.05, 0.1) is 6.10 Å². The predicted octanol–water partition coefficient (Wildman–Crippen LogP) is 1.63. The molecule has 0 radical (unpaired) electrons. The first-order chi connectivity index (χ1) is 8.34. The van der Waals surface area contributed by atoms with Crippen LogP contribution in [0.4, 0.5) is 0 Å². The molecular formula is C13H25ClN2O2. The van der Waals surface area contributed by atoms with Crippen LogP contribution in [-0.4, -0.2) is 37.7 Å². The van der Waals surface area contributed by atoms with Crippen LogP contribution in [0.2, 0.25) is 0 Å². The number of carbonyl (C=O) groups excluding carboxylic acids is 1. The maximum absolute atomic E-state index is 11.6. The van der Waals surface area contributed by atoms with Crippen molar-refractivity contribution in [2.24, 2.45) is 0 Å². The molecule has 0 aromatic heterocycles. The first kappa shape index (κ1) is 15.7. The Morgan fingerprint density at radius 3 is 2.83 bits per heavy atom. The molecule has 0 spiro atoms. The van der Waals surface area contributed by atoms with Crippen LogP contribution in [0.5, 0.6) is 0 Å². The highest BCUT2D eigenvalue weighted by atomic mass is 35.5. The summed E-state index contributed by atoms with van der Waals surface area (Å²) in [6.45, 7) is 2.72. The van der Waals surface area contributed by atoms with E-state index in [-0.39, 0.29) is 18.3 Å². The molecular weight excluding hydrogens is 252 g/mol.